The zero-order valence-electron chi connectivity index (χ0n) is 23.4. The molecule has 0 radical (unpaired) electrons. The topological polar surface area (TPSA) is 76.4 Å². The average molecular weight is 574 g/mol. The van der Waals surface area contributed by atoms with Crippen LogP contribution in [0.5, 0.6) is 0 Å². The Kier molecular flexibility index (Phi) is 8.36. The molecule has 39 heavy (non-hydrogen) atoms. The van der Waals surface area contributed by atoms with Crippen LogP contribution in [0.15, 0.2) is 24.4 Å². The zero-order valence-corrected chi connectivity index (χ0v) is 24.9. The van der Waals surface area contributed by atoms with E-state index in [0.717, 1.165) is 60.7 Å². The van der Waals surface area contributed by atoms with Gasteiger partial charge in [0.25, 0.3) is 0 Å². The third-order valence-corrected chi connectivity index (χ3v) is 9.23. The molecule has 0 amide bonds. The number of benzene rings is 1. The van der Waals surface area contributed by atoms with Crippen LogP contribution >= 0.6 is 23.2 Å². The number of aryl methyl sites for hydroxylation is 1. The van der Waals surface area contributed by atoms with Gasteiger partial charge in [-0.3, -0.25) is 9.69 Å². The van der Waals surface area contributed by atoms with Crippen LogP contribution in [0.2, 0.25) is 10.0 Å². The van der Waals surface area contributed by atoms with Crippen molar-refractivity contribution in [1.29, 1.82) is 0 Å². The number of carbonyl (C=O) groups is 1. The quantitative estimate of drug-likeness (QED) is 0.325. The number of likely N-dealkylation sites (tertiary alicyclic amines) is 1. The number of halogens is 2. The maximum atomic E-state index is 11.9. The van der Waals surface area contributed by atoms with Gasteiger partial charge >= 0.3 is 5.97 Å². The van der Waals surface area contributed by atoms with Gasteiger partial charge in [-0.1, -0.05) is 43.1 Å². The highest BCUT2D eigenvalue weighted by atomic mass is 35.5. The van der Waals surface area contributed by atoms with Crippen molar-refractivity contribution < 1.29 is 9.53 Å². The number of hydrogen-bond acceptors (Lipinski definition) is 7. The summed E-state index contributed by atoms with van der Waals surface area (Å²) in [6, 6.07) is 6.35. The molecule has 0 spiro atoms. The SMILES string of the molecule is COC(=O)CC(C)[C@@H]1CCCN1C1CCN(c2cnc3c(C)nn(C(C)c4ccc(Cl)cc4Cl)c3n2)CC1C. The second kappa shape index (κ2) is 11.6. The lowest BCUT2D eigenvalue weighted by Crippen LogP contribution is -2.53. The Bertz CT molecular complexity index is 1350. The van der Waals surface area contributed by atoms with E-state index in [1.165, 1.54) is 13.5 Å². The van der Waals surface area contributed by atoms with Crippen LogP contribution in [0.3, 0.4) is 0 Å². The van der Waals surface area contributed by atoms with Crippen molar-refractivity contribution in [3.05, 3.63) is 45.7 Å². The second-order valence-electron chi connectivity index (χ2n) is 11.3. The van der Waals surface area contributed by atoms with Gasteiger partial charge in [-0.05, 0) is 69.2 Å². The van der Waals surface area contributed by atoms with Gasteiger partial charge in [-0.25, -0.2) is 14.6 Å². The van der Waals surface area contributed by atoms with E-state index in [2.05, 4.69) is 30.6 Å². The average Bonchev–Trinajstić information content (AvgIpc) is 3.53. The van der Waals surface area contributed by atoms with Crippen LogP contribution in [-0.2, 0) is 9.53 Å². The van der Waals surface area contributed by atoms with Gasteiger partial charge in [-0.15, -0.1) is 0 Å². The first-order chi connectivity index (χ1) is 18.7. The minimum absolute atomic E-state index is 0.117. The van der Waals surface area contributed by atoms with Crippen molar-refractivity contribution in [1.82, 2.24) is 24.6 Å². The molecule has 210 valence electrons. The summed E-state index contributed by atoms with van der Waals surface area (Å²) in [4.78, 5) is 26.8. The Balaban J connectivity index is 1.34. The predicted molar refractivity (Wildman–Crippen MR) is 156 cm³/mol. The Hall–Kier alpha value is -2.42. The molecule has 1 aromatic carbocycles. The normalized spacial score (nSPS) is 23.8. The highest BCUT2D eigenvalue weighted by Gasteiger charge is 2.39. The van der Waals surface area contributed by atoms with Crippen LogP contribution < -0.4 is 4.90 Å². The monoisotopic (exact) mass is 572 g/mol. The lowest BCUT2D eigenvalue weighted by Gasteiger charge is -2.45. The van der Waals surface area contributed by atoms with Crippen molar-refractivity contribution in [3.63, 3.8) is 0 Å². The molecule has 8 nitrogen and oxygen atoms in total. The van der Waals surface area contributed by atoms with E-state index in [-0.39, 0.29) is 17.9 Å². The Morgan fingerprint density at radius 3 is 2.72 bits per heavy atom. The maximum Gasteiger partial charge on any atom is 0.305 e. The van der Waals surface area contributed by atoms with Gasteiger partial charge < -0.3 is 9.64 Å². The minimum Gasteiger partial charge on any atom is -0.469 e. The molecule has 4 unspecified atom stereocenters. The Labute approximate surface area is 240 Å². The standard InChI is InChI=1S/C29H38Cl2N6O2/c1-17(13-27(38)39-5)24-7-6-11-36(24)25-10-12-35(16-18(25)2)26-15-32-28-19(3)34-37(29(28)33-26)20(4)22-9-8-21(30)14-23(22)31/h8-9,14-15,17-18,20,24-25H,6-7,10-13,16H2,1-5H3/t17?,18?,20?,24-,25?/m0/s1. The van der Waals surface area contributed by atoms with Gasteiger partial charge in [-0.2, -0.15) is 5.10 Å². The molecule has 5 atom stereocenters. The van der Waals surface area contributed by atoms with E-state index < -0.39 is 0 Å². The zero-order chi connectivity index (χ0) is 27.8. The van der Waals surface area contributed by atoms with Crippen LogP contribution in [0.4, 0.5) is 5.82 Å². The number of esters is 1. The van der Waals surface area contributed by atoms with Gasteiger partial charge in [0.05, 0.1) is 25.0 Å². The lowest BCUT2D eigenvalue weighted by atomic mass is 9.89. The predicted octanol–water partition coefficient (Wildman–Crippen LogP) is 5.93. The lowest BCUT2D eigenvalue weighted by molar-refractivity contribution is -0.142. The molecule has 2 fully saturated rings. The molecule has 0 bridgehead atoms. The molecule has 2 aliphatic heterocycles. The van der Waals surface area contributed by atoms with Gasteiger partial charge in [0, 0.05) is 41.6 Å². The van der Waals surface area contributed by atoms with E-state index in [0.29, 0.717) is 34.5 Å². The third-order valence-electron chi connectivity index (χ3n) is 8.66. The molecule has 3 aromatic rings. The van der Waals surface area contributed by atoms with E-state index in [1.807, 2.05) is 29.9 Å². The first kappa shape index (κ1) is 28.1. The fourth-order valence-electron chi connectivity index (χ4n) is 6.59. The van der Waals surface area contributed by atoms with Crippen molar-refractivity contribution in [2.24, 2.45) is 11.8 Å². The summed E-state index contributed by atoms with van der Waals surface area (Å²) in [6.45, 7) is 11.5. The number of piperidine rings is 1. The van der Waals surface area contributed by atoms with Gasteiger partial charge in [0.15, 0.2) is 5.65 Å². The summed E-state index contributed by atoms with van der Waals surface area (Å²) in [5.74, 6) is 1.51. The fraction of sp³-hybridized carbons (Fsp3) is 0.586. The fourth-order valence-corrected chi connectivity index (χ4v) is 7.16. The summed E-state index contributed by atoms with van der Waals surface area (Å²) in [5, 5.41) is 6.00. The molecule has 0 aliphatic carbocycles. The second-order valence-corrected chi connectivity index (χ2v) is 12.1. The highest BCUT2D eigenvalue weighted by Crippen LogP contribution is 2.35. The molecule has 0 saturated carbocycles. The largest absolute Gasteiger partial charge is 0.469 e. The van der Waals surface area contributed by atoms with Crippen LogP contribution in [0, 0.1) is 18.8 Å². The highest BCUT2D eigenvalue weighted by molar-refractivity contribution is 6.35. The van der Waals surface area contributed by atoms with Crippen LogP contribution in [0.25, 0.3) is 11.2 Å². The number of rotatable bonds is 7. The minimum atomic E-state index is -0.126. The third kappa shape index (κ3) is 5.61. The molecular formula is C29H38Cl2N6O2. The Morgan fingerprint density at radius 1 is 1.21 bits per heavy atom. The molecular weight excluding hydrogens is 535 g/mol. The van der Waals surface area contributed by atoms with Crippen molar-refractivity contribution in [2.45, 2.75) is 71.5 Å². The first-order valence-corrected chi connectivity index (χ1v) is 14.7. The summed E-state index contributed by atoms with van der Waals surface area (Å²) < 4.78 is 6.86. The number of methoxy groups -OCH3 is 1. The molecule has 10 heteroatoms. The molecule has 2 aliphatic rings. The first-order valence-electron chi connectivity index (χ1n) is 13.9. The Morgan fingerprint density at radius 2 is 2.00 bits per heavy atom. The molecule has 2 saturated heterocycles. The van der Waals surface area contributed by atoms with E-state index in [9.17, 15) is 4.79 Å². The molecule has 5 rings (SSSR count). The van der Waals surface area contributed by atoms with Crippen LogP contribution in [0.1, 0.15) is 63.8 Å². The van der Waals surface area contributed by atoms with Gasteiger partial charge in [0.2, 0.25) is 0 Å². The number of anilines is 1. The smallest absolute Gasteiger partial charge is 0.305 e. The summed E-state index contributed by atoms with van der Waals surface area (Å²) in [7, 11) is 1.47. The number of hydrogen-bond donors (Lipinski definition) is 0. The summed E-state index contributed by atoms with van der Waals surface area (Å²) in [6.07, 6.45) is 5.74. The number of aromatic nitrogens is 4. The summed E-state index contributed by atoms with van der Waals surface area (Å²) in [5.41, 5.74) is 3.34. The van der Waals surface area contributed by atoms with Crippen molar-refractivity contribution in [2.75, 3.05) is 31.6 Å². The van der Waals surface area contributed by atoms with E-state index >= 15 is 0 Å². The van der Waals surface area contributed by atoms with Crippen molar-refractivity contribution >= 4 is 46.2 Å². The molecule has 0 N–H and O–H groups in total. The molecule has 4 heterocycles. The number of nitrogens with zero attached hydrogens (tertiary/aromatic N) is 6. The van der Waals surface area contributed by atoms with E-state index in [4.69, 9.17) is 43.0 Å². The molecule has 2 aromatic heterocycles. The van der Waals surface area contributed by atoms with Crippen molar-refractivity contribution in [3.8, 4) is 0 Å². The van der Waals surface area contributed by atoms with Gasteiger partial charge in [0.1, 0.15) is 11.3 Å². The maximum absolute atomic E-state index is 11.9. The number of ether oxygens (including phenoxy) is 1. The number of fused-ring (bicyclic) bond motifs is 1. The number of carbonyl (C=O) groups excluding carboxylic acids is 1. The van der Waals surface area contributed by atoms with Crippen LogP contribution in [-0.4, -0.2) is 69.4 Å². The van der Waals surface area contributed by atoms with E-state index in [1.54, 1.807) is 6.07 Å². The summed E-state index contributed by atoms with van der Waals surface area (Å²) >= 11 is 12.7.